The number of rotatable bonds is 3. The Balaban J connectivity index is 1.56. The van der Waals surface area contributed by atoms with Crippen LogP contribution in [0.4, 0.5) is 0 Å². The van der Waals surface area contributed by atoms with Gasteiger partial charge in [0.2, 0.25) is 5.91 Å². The minimum atomic E-state index is 0.123. The van der Waals surface area contributed by atoms with E-state index < -0.39 is 0 Å². The number of fused-ring (bicyclic) bond motifs is 1. The molecular formula is C24H33N3O. The summed E-state index contributed by atoms with van der Waals surface area (Å²) in [6, 6.07) is 13.3. The van der Waals surface area contributed by atoms with E-state index in [0.29, 0.717) is 12.3 Å². The van der Waals surface area contributed by atoms with Gasteiger partial charge in [-0.05, 0) is 55.6 Å². The summed E-state index contributed by atoms with van der Waals surface area (Å²) >= 11 is 0. The fourth-order valence-corrected chi connectivity index (χ4v) is 5.14. The summed E-state index contributed by atoms with van der Waals surface area (Å²) in [5.74, 6) is 0.328. The molecule has 2 heterocycles. The minimum absolute atomic E-state index is 0.123. The molecule has 4 nitrogen and oxygen atoms in total. The highest BCUT2D eigenvalue weighted by Gasteiger charge is 2.42. The quantitative estimate of drug-likeness (QED) is 0.814. The molecule has 0 aliphatic carbocycles. The molecular weight excluding hydrogens is 346 g/mol. The highest BCUT2D eigenvalue weighted by atomic mass is 16.2. The maximum atomic E-state index is 12.4. The Hall–Kier alpha value is -1.91. The van der Waals surface area contributed by atoms with Gasteiger partial charge in [0, 0.05) is 51.2 Å². The van der Waals surface area contributed by atoms with Crippen molar-refractivity contribution in [3.8, 4) is 0 Å². The molecule has 0 bridgehead atoms. The molecule has 1 spiro atoms. The Bertz CT molecular complexity index is 864. The van der Waals surface area contributed by atoms with E-state index in [1.54, 1.807) is 0 Å². The summed E-state index contributed by atoms with van der Waals surface area (Å²) in [6.07, 6.45) is 2.73. The van der Waals surface area contributed by atoms with Crippen LogP contribution in [0.3, 0.4) is 0 Å². The van der Waals surface area contributed by atoms with Crippen molar-refractivity contribution in [3.05, 3.63) is 47.5 Å². The van der Waals surface area contributed by atoms with E-state index >= 15 is 0 Å². The average Bonchev–Trinajstić information content (AvgIpc) is 2.87. The van der Waals surface area contributed by atoms with Crippen molar-refractivity contribution in [3.63, 3.8) is 0 Å². The smallest absolute Gasteiger partial charge is 0.222 e. The van der Waals surface area contributed by atoms with Gasteiger partial charge in [0.15, 0.2) is 0 Å². The van der Waals surface area contributed by atoms with E-state index in [1.165, 1.54) is 21.9 Å². The van der Waals surface area contributed by atoms with Crippen molar-refractivity contribution in [2.75, 3.05) is 39.8 Å². The number of carbonyl (C=O) groups excluding carboxylic acids is 1. The van der Waals surface area contributed by atoms with Gasteiger partial charge in [0.05, 0.1) is 0 Å². The van der Waals surface area contributed by atoms with Crippen LogP contribution in [0.5, 0.6) is 0 Å². The SMILES string of the molecule is CCN1CC[C@@]2(CCC1=O)CN(Cc1ccc(C)c3ccccc13)CCN2C. The lowest BCUT2D eigenvalue weighted by atomic mass is 9.86. The summed E-state index contributed by atoms with van der Waals surface area (Å²) in [6.45, 7) is 10.2. The van der Waals surface area contributed by atoms with Crippen molar-refractivity contribution in [2.45, 2.75) is 45.2 Å². The Morgan fingerprint density at radius 2 is 1.79 bits per heavy atom. The highest BCUT2D eigenvalue weighted by molar-refractivity contribution is 5.88. The van der Waals surface area contributed by atoms with Crippen LogP contribution < -0.4 is 0 Å². The molecule has 0 unspecified atom stereocenters. The zero-order valence-corrected chi connectivity index (χ0v) is 17.6. The van der Waals surface area contributed by atoms with Crippen LogP contribution in [0.25, 0.3) is 10.8 Å². The Morgan fingerprint density at radius 3 is 2.57 bits per heavy atom. The van der Waals surface area contributed by atoms with E-state index in [-0.39, 0.29) is 5.54 Å². The third-order valence-electron chi connectivity index (χ3n) is 7.09. The average molecular weight is 380 g/mol. The van der Waals surface area contributed by atoms with E-state index in [9.17, 15) is 4.79 Å². The summed E-state index contributed by atoms with van der Waals surface area (Å²) in [7, 11) is 2.25. The summed E-state index contributed by atoms with van der Waals surface area (Å²) < 4.78 is 0. The molecule has 0 saturated carbocycles. The Morgan fingerprint density at radius 1 is 1.00 bits per heavy atom. The first-order valence-corrected chi connectivity index (χ1v) is 10.7. The van der Waals surface area contributed by atoms with Gasteiger partial charge in [0.1, 0.15) is 0 Å². The van der Waals surface area contributed by atoms with Crippen LogP contribution in [-0.2, 0) is 11.3 Å². The second kappa shape index (κ2) is 7.84. The number of hydrogen-bond acceptors (Lipinski definition) is 3. The summed E-state index contributed by atoms with van der Waals surface area (Å²) in [4.78, 5) is 19.6. The lowest BCUT2D eigenvalue weighted by molar-refractivity contribution is -0.130. The molecule has 1 atom stereocenters. The number of amides is 1. The molecule has 2 aromatic rings. The topological polar surface area (TPSA) is 26.8 Å². The second-order valence-corrected chi connectivity index (χ2v) is 8.67. The van der Waals surface area contributed by atoms with Gasteiger partial charge >= 0.3 is 0 Å². The molecule has 4 rings (SSSR count). The van der Waals surface area contributed by atoms with Gasteiger partial charge in [0.25, 0.3) is 0 Å². The number of piperazine rings is 1. The van der Waals surface area contributed by atoms with Crippen LogP contribution in [0.2, 0.25) is 0 Å². The van der Waals surface area contributed by atoms with E-state index in [0.717, 1.165) is 52.1 Å². The summed E-state index contributed by atoms with van der Waals surface area (Å²) in [5.41, 5.74) is 2.88. The lowest BCUT2D eigenvalue weighted by Gasteiger charge is -2.49. The van der Waals surface area contributed by atoms with Crippen LogP contribution in [0, 0.1) is 6.92 Å². The minimum Gasteiger partial charge on any atom is -0.343 e. The Kier molecular flexibility index (Phi) is 5.44. The van der Waals surface area contributed by atoms with E-state index in [2.05, 4.69) is 67.1 Å². The van der Waals surface area contributed by atoms with E-state index in [1.807, 2.05) is 4.90 Å². The third kappa shape index (κ3) is 3.56. The number of aryl methyl sites for hydroxylation is 1. The van der Waals surface area contributed by atoms with Crippen LogP contribution in [0.15, 0.2) is 36.4 Å². The van der Waals surface area contributed by atoms with Crippen molar-refractivity contribution in [1.29, 1.82) is 0 Å². The highest BCUT2D eigenvalue weighted by Crippen LogP contribution is 2.33. The number of nitrogens with zero attached hydrogens (tertiary/aromatic N) is 3. The normalized spacial score (nSPS) is 24.8. The fraction of sp³-hybridized carbons (Fsp3) is 0.542. The van der Waals surface area contributed by atoms with Gasteiger partial charge in [-0.3, -0.25) is 14.6 Å². The maximum absolute atomic E-state index is 12.4. The monoisotopic (exact) mass is 379 g/mol. The number of likely N-dealkylation sites (tertiary alicyclic amines) is 1. The van der Waals surface area contributed by atoms with Crippen LogP contribution >= 0.6 is 0 Å². The number of carbonyl (C=O) groups is 1. The van der Waals surface area contributed by atoms with Crippen molar-refractivity contribution in [2.24, 2.45) is 0 Å². The first-order valence-electron chi connectivity index (χ1n) is 10.7. The molecule has 0 radical (unpaired) electrons. The molecule has 0 aromatic heterocycles. The largest absolute Gasteiger partial charge is 0.343 e. The standard InChI is InChI=1S/C24H33N3O/c1-4-27-14-13-24(12-11-23(27)28)18-26(16-15-25(24)3)17-20-10-9-19(2)21-7-5-6-8-22(20)21/h5-10H,4,11-18H2,1-3H3/t24-/m0/s1. The van der Waals surface area contributed by atoms with E-state index in [4.69, 9.17) is 0 Å². The molecule has 2 aliphatic rings. The summed E-state index contributed by atoms with van der Waals surface area (Å²) in [5, 5.41) is 2.74. The first-order chi connectivity index (χ1) is 13.5. The molecule has 2 aliphatic heterocycles. The zero-order chi connectivity index (χ0) is 19.7. The number of likely N-dealkylation sites (N-methyl/N-ethyl adjacent to an activating group) is 1. The lowest BCUT2D eigenvalue weighted by Crippen LogP contribution is -2.60. The molecule has 28 heavy (non-hydrogen) atoms. The first kappa shape index (κ1) is 19.4. The number of hydrogen-bond donors (Lipinski definition) is 0. The van der Waals surface area contributed by atoms with Crippen LogP contribution in [0.1, 0.15) is 37.3 Å². The molecule has 2 aromatic carbocycles. The maximum Gasteiger partial charge on any atom is 0.222 e. The van der Waals surface area contributed by atoms with Crippen molar-refractivity contribution >= 4 is 16.7 Å². The molecule has 2 saturated heterocycles. The second-order valence-electron chi connectivity index (χ2n) is 8.67. The predicted octanol–water partition coefficient (Wildman–Crippen LogP) is 3.67. The van der Waals surface area contributed by atoms with Crippen molar-refractivity contribution < 1.29 is 4.79 Å². The van der Waals surface area contributed by atoms with Crippen LogP contribution in [-0.4, -0.2) is 65.9 Å². The zero-order valence-electron chi connectivity index (χ0n) is 17.6. The van der Waals surface area contributed by atoms with Gasteiger partial charge in [-0.1, -0.05) is 36.4 Å². The fourth-order valence-electron chi connectivity index (χ4n) is 5.14. The predicted molar refractivity (Wildman–Crippen MR) is 115 cm³/mol. The third-order valence-corrected chi connectivity index (χ3v) is 7.09. The molecule has 2 fully saturated rings. The van der Waals surface area contributed by atoms with Gasteiger partial charge in [-0.15, -0.1) is 0 Å². The Labute approximate surface area is 169 Å². The number of benzene rings is 2. The van der Waals surface area contributed by atoms with Crippen molar-refractivity contribution in [1.82, 2.24) is 14.7 Å². The molecule has 1 amide bonds. The molecule has 0 N–H and O–H groups in total. The van der Waals surface area contributed by atoms with Gasteiger partial charge in [-0.25, -0.2) is 0 Å². The molecule has 150 valence electrons. The van der Waals surface area contributed by atoms with Gasteiger partial charge < -0.3 is 4.90 Å². The molecule has 4 heteroatoms. The van der Waals surface area contributed by atoms with Gasteiger partial charge in [-0.2, -0.15) is 0 Å².